The van der Waals surface area contributed by atoms with E-state index in [2.05, 4.69) is 15.7 Å². The molecule has 2 N–H and O–H groups in total. The zero-order valence-corrected chi connectivity index (χ0v) is 14.2. The number of hydrogen-bond acceptors (Lipinski definition) is 4. The van der Waals surface area contributed by atoms with Crippen LogP contribution in [0.15, 0.2) is 30.3 Å². The smallest absolute Gasteiger partial charge is 0.272 e. The number of hydrogen-bond donors (Lipinski definition) is 2. The van der Waals surface area contributed by atoms with Crippen LogP contribution in [0, 0.1) is 0 Å². The van der Waals surface area contributed by atoms with Crippen molar-refractivity contribution in [2.75, 3.05) is 13.2 Å². The minimum atomic E-state index is -0.185. The van der Waals surface area contributed by atoms with E-state index in [0.29, 0.717) is 24.5 Å². The number of fused-ring (bicyclic) bond motifs is 1. The van der Waals surface area contributed by atoms with Crippen LogP contribution >= 0.6 is 0 Å². The van der Waals surface area contributed by atoms with E-state index in [1.54, 1.807) is 6.07 Å². The van der Waals surface area contributed by atoms with E-state index in [1.165, 1.54) is 0 Å². The molecular weight excluding hydrogens is 320 g/mol. The summed E-state index contributed by atoms with van der Waals surface area (Å²) in [5, 5.41) is 9.86. The summed E-state index contributed by atoms with van der Waals surface area (Å²) in [4.78, 5) is 23.7. The van der Waals surface area contributed by atoms with Crippen LogP contribution in [0.1, 0.15) is 35.1 Å². The average molecular weight is 342 g/mol. The number of aryl methyl sites for hydroxylation is 2. The second-order valence-electron chi connectivity index (χ2n) is 5.92. The fourth-order valence-corrected chi connectivity index (χ4v) is 2.79. The highest BCUT2D eigenvalue weighted by molar-refractivity contribution is 5.92. The molecule has 0 saturated carbocycles. The van der Waals surface area contributed by atoms with E-state index in [0.717, 1.165) is 30.6 Å². The van der Waals surface area contributed by atoms with Crippen molar-refractivity contribution in [3.05, 3.63) is 47.3 Å². The highest BCUT2D eigenvalue weighted by Crippen LogP contribution is 2.16. The quantitative estimate of drug-likeness (QED) is 0.794. The van der Waals surface area contributed by atoms with E-state index in [9.17, 15) is 9.59 Å². The van der Waals surface area contributed by atoms with Crippen molar-refractivity contribution in [2.45, 2.75) is 32.9 Å². The molecule has 0 spiro atoms. The van der Waals surface area contributed by atoms with Gasteiger partial charge >= 0.3 is 0 Å². The van der Waals surface area contributed by atoms with Gasteiger partial charge in [0.2, 0.25) is 0 Å². The lowest BCUT2D eigenvalue weighted by Crippen LogP contribution is -2.28. The topological polar surface area (TPSA) is 85.3 Å². The molecule has 132 valence electrons. The Kier molecular flexibility index (Phi) is 5.33. The van der Waals surface area contributed by atoms with E-state index >= 15 is 0 Å². The van der Waals surface area contributed by atoms with Crippen LogP contribution in [0.5, 0.6) is 5.75 Å². The number of likely N-dealkylation sites (N-methyl/N-ethyl adjacent to an activating group) is 1. The van der Waals surface area contributed by atoms with Crippen molar-refractivity contribution < 1.29 is 14.3 Å². The largest absolute Gasteiger partial charge is 0.484 e. The van der Waals surface area contributed by atoms with Gasteiger partial charge in [-0.15, -0.1) is 0 Å². The van der Waals surface area contributed by atoms with Crippen molar-refractivity contribution in [1.82, 2.24) is 20.4 Å². The van der Waals surface area contributed by atoms with Crippen LogP contribution < -0.4 is 15.4 Å². The number of aromatic nitrogens is 2. The first-order chi connectivity index (χ1) is 12.2. The van der Waals surface area contributed by atoms with Crippen molar-refractivity contribution in [1.29, 1.82) is 0 Å². The van der Waals surface area contributed by atoms with Crippen molar-refractivity contribution in [2.24, 2.45) is 0 Å². The number of carbonyl (C=O) groups is 2. The molecular formula is C18H22N4O3. The summed E-state index contributed by atoms with van der Waals surface area (Å²) in [6, 6.07) is 9.18. The molecule has 1 aromatic carbocycles. The van der Waals surface area contributed by atoms with Crippen LogP contribution in [-0.2, 0) is 24.3 Å². The van der Waals surface area contributed by atoms with Gasteiger partial charge in [-0.25, -0.2) is 0 Å². The Morgan fingerprint density at radius 1 is 1.28 bits per heavy atom. The maximum atomic E-state index is 12.2. The molecule has 25 heavy (non-hydrogen) atoms. The monoisotopic (exact) mass is 342 g/mol. The third-order valence-corrected chi connectivity index (χ3v) is 3.99. The second kappa shape index (κ2) is 7.83. The predicted octanol–water partition coefficient (Wildman–Crippen LogP) is 1.27. The summed E-state index contributed by atoms with van der Waals surface area (Å²) in [6.45, 7) is 3.67. The Morgan fingerprint density at radius 3 is 2.96 bits per heavy atom. The molecule has 0 unspecified atom stereocenters. The van der Waals surface area contributed by atoms with Gasteiger partial charge in [-0.3, -0.25) is 14.3 Å². The molecule has 1 aliphatic rings. The van der Waals surface area contributed by atoms with Gasteiger partial charge in [-0.05, 0) is 43.5 Å². The van der Waals surface area contributed by atoms with Gasteiger partial charge < -0.3 is 15.4 Å². The van der Waals surface area contributed by atoms with Gasteiger partial charge in [0.05, 0.1) is 0 Å². The lowest BCUT2D eigenvalue weighted by Gasteiger charge is -2.08. The van der Waals surface area contributed by atoms with Gasteiger partial charge in [0.25, 0.3) is 11.8 Å². The van der Waals surface area contributed by atoms with E-state index in [-0.39, 0.29) is 18.4 Å². The Bertz CT molecular complexity index is 748. The minimum Gasteiger partial charge on any atom is -0.484 e. The lowest BCUT2D eigenvalue weighted by atomic mass is 10.2. The Morgan fingerprint density at radius 2 is 2.16 bits per heavy atom. The van der Waals surface area contributed by atoms with E-state index < -0.39 is 0 Å². The zero-order chi connectivity index (χ0) is 17.6. The molecule has 1 aliphatic heterocycles. The van der Waals surface area contributed by atoms with Crippen molar-refractivity contribution in [3.63, 3.8) is 0 Å². The highest BCUT2D eigenvalue weighted by Gasteiger charge is 2.17. The highest BCUT2D eigenvalue weighted by atomic mass is 16.5. The van der Waals surface area contributed by atoms with Crippen LogP contribution in [0.4, 0.5) is 0 Å². The first-order valence-electron chi connectivity index (χ1n) is 8.49. The van der Waals surface area contributed by atoms with Crippen LogP contribution in [0.2, 0.25) is 0 Å². The van der Waals surface area contributed by atoms with Gasteiger partial charge in [-0.2, -0.15) is 5.10 Å². The van der Waals surface area contributed by atoms with Gasteiger partial charge in [0.15, 0.2) is 6.61 Å². The molecule has 0 radical (unpaired) electrons. The molecule has 0 saturated heterocycles. The molecule has 3 rings (SSSR count). The number of nitrogens with zero attached hydrogens (tertiary/aromatic N) is 2. The number of rotatable bonds is 7. The molecule has 0 bridgehead atoms. The predicted molar refractivity (Wildman–Crippen MR) is 92.3 cm³/mol. The summed E-state index contributed by atoms with van der Waals surface area (Å²) in [6.07, 6.45) is 2.07. The number of ether oxygens (including phenoxy) is 1. The summed E-state index contributed by atoms with van der Waals surface area (Å²) >= 11 is 0. The first-order valence-corrected chi connectivity index (χ1v) is 8.49. The number of nitrogens with one attached hydrogen (secondary N) is 2. The Labute approximate surface area is 146 Å². The third-order valence-electron chi connectivity index (χ3n) is 3.99. The van der Waals surface area contributed by atoms with Gasteiger partial charge in [0.1, 0.15) is 11.4 Å². The minimum absolute atomic E-state index is 0.0239. The lowest BCUT2D eigenvalue weighted by molar-refractivity contribution is -0.122. The molecule has 2 aromatic rings. The van der Waals surface area contributed by atoms with Crippen LogP contribution in [0.25, 0.3) is 0 Å². The Balaban J connectivity index is 1.53. The number of amides is 2. The SMILES string of the molecule is CCNC(=O)COc1cccc(CNC(=O)c2cc3n(n2)CCC3)c1. The normalized spacial score (nSPS) is 12.5. The summed E-state index contributed by atoms with van der Waals surface area (Å²) in [5.41, 5.74) is 2.47. The van der Waals surface area contributed by atoms with Crippen molar-refractivity contribution >= 4 is 11.8 Å². The van der Waals surface area contributed by atoms with Gasteiger partial charge in [-0.1, -0.05) is 12.1 Å². The fourth-order valence-electron chi connectivity index (χ4n) is 2.79. The maximum absolute atomic E-state index is 12.2. The molecule has 0 fully saturated rings. The van der Waals surface area contributed by atoms with Crippen LogP contribution in [0.3, 0.4) is 0 Å². The molecule has 0 aliphatic carbocycles. The second-order valence-corrected chi connectivity index (χ2v) is 5.92. The first kappa shape index (κ1) is 17.0. The van der Waals surface area contributed by atoms with E-state index in [4.69, 9.17) is 4.74 Å². The summed E-state index contributed by atoms with van der Waals surface area (Å²) < 4.78 is 7.35. The van der Waals surface area contributed by atoms with Gasteiger partial charge in [0, 0.05) is 25.3 Å². The molecule has 7 nitrogen and oxygen atoms in total. The number of benzene rings is 1. The van der Waals surface area contributed by atoms with Crippen molar-refractivity contribution in [3.8, 4) is 5.75 Å². The zero-order valence-electron chi connectivity index (χ0n) is 14.2. The Hall–Kier alpha value is -2.83. The number of carbonyl (C=O) groups excluding carboxylic acids is 2. The third kappa shape index (κ3) is 4.37. The molecule has 7 heteroatoms. The average Bonchev–Trinajstić information content (AvgIpc) is 3.20. The fraction of sp³-hybridized carbons (Fsp3) is 0.389. The molecule has 2 amide bonds. The molecule has 2 heterocycles. The molecule has 0 atom stereocenters. The van der Waals surface area contributed by atoms with E-state index in [1.807, 2.05) is 35.9 Å². The summed E-state index contributed by atoms with van der Waals surface area (Å²) in [7, 11) is 0. The van der Waals surface area contributed by atoms with Crippen LogP contribution in [-0.4, -0.2) is 34.7 Å². The molecule has 1 aromatic heterocycles. The standard InChI is InChI=1S/C18H22N4O3/c1-2-19-17(23)12-25-15-7-3-5-13(9-15)11-20-18(24)16-10-14-6-4-8-22(14)21-16/h3,5,7,9-10H,2,4,6,8,11-12H2,1H3,(H,19,23)(H,20,24). The maximum Gasteiger partial charge on any atom is 0.272 e. The summed E-state index contributed by atoms with van der Waals surface area (Å²) in [5.74, 6) is 0.253.